The first-order valence-corrected chi connectivity index (χ1v) is 8.46. The van der Waals surface area contributed by atoms with E-state index in [1.165, 1.54) is 18.2 Å². The molecule has 2 rings (SSSR count). The van der Waals surface area contributed by atoms with Gasteiger partial charge in [-0.2, -0.15) is 0 Å². The van der Waals surface area contributed by atoms with Crippen LogP contribution in [0.15, 0.2) is 45.8 Å². The zero-order valence-corrected chi connectivity index (χ0v) is 13.8. The maximum Gasteiger partial charge on any atom is 0.264 e. The van der Waals surface area contributed by atoms with E-state index in [0.29, 0.717) is 15.1 Å². The Hall–Kier alpha value is -1.15. The topological polar surface area (TPSA) is 72.2 Å². The minimum Gasteiger partial charge on any atom is -0.326 e. The number of hydrogen-bond acceptors (Lipinski definition) is 3. The predicted octanol–water partition coefficient (Wildman–Crippen LogP) is 3.50. The molecule has 2 aromatic carbocycles. The Kier molecular flexibility index (Phi) is 4.88. The second-order valence-electron chi connectivity index (χ2n) is 4.18. The van der Waals surface area contributed by atoms with Gasteiger partial charge in [-0.05, 0) is 45.8 Å². The van der Waals surface area contributed by atoms with Crippen molar-refractivity contribution in [2.75, 3.05) is 4.72 Å². The lowest BCUT2D eigenvalue weighted by Gasteiger charge is -2.12. The van der Waals surface area contributed by atoms with Crippen molar-refractivity contribution in [2.24, 2.45) is 5.73 Å². The number of halogens is 3. The molecule has 0 atom stereocenters. The van der Waals surface area contributed by atoms with Gasteiger partial charge < -0.3 is 5.73 Å². The van der Waals surface area contributed by atoms with Crippen LogP contribution < -0.4 is 10.5 Å². The molecule has 0 unspecified atom stereocenters. The van der Waals surface area contributed by atoms with Gasteiger partial charge >= 0.3 is 0 Å². The fourth-order valence-electron chi connectivity index (χ4n) is 1.66. The number of benzene rings is 2. The zero-order valence-electron chi connectivity index (χ0n) is 10.6. The molecule has 2 aromatic rings. The van der Waals surface area contributed by atoms with Crippen LogP contribution in [0.5, 0.6) is 0 Å². The normalized spacial score (nSPS) is 11.4. The molecule has 0 aromatic heterocycles. The van der Waals surface area contributed by atoms with Crippen LogP contribution >= 0.6 is 27.5 Å². The summed E-state index contributed by atoms with van der Waals surface area (Å²) in [4.78, 5) is -0.461. The van der Waals surface area contributed by atoms with E-state index in [9.17, 15) is 12.8 Å². The summed E-state index contributed by atoms with van der Waals surface area (Å²) >= 11 is 9.07. The molecule has 3 N–H and O–H groups in total. The van der Waals surface area contributed by atoms with E-state index in [1.54, 1.807) is 12.1 Å². The molecular weight excluding hydrogens is 383 g/mol. The molecule has 21 heavy (non-hydrogen) atoms. The maximum atomic E-state index is 13.8. The second kappa shape index (κ2) is 6.31. The molecule has 0 aliphatic carbocycles. The number of sulfonamides is 1. The monoisotopic (exact) mass is 392 g/mol. The molecule has 0 saturated carbocycles. The van der Waals surface area contributed by atoms with Crippen molar-refractivity contribution >= 4 is 43.2 Å². The first-order valence-electron chi connectivity index (χ1n) is 5.80. The molecule has 0 spiro atoms. The summed E-state index contributed by atoms with van der Waals surface area (Å²) < 4.78 is 41.1. The molecule has 0 fully saturated rings. The molecular formula is C13H11BrClFN2O2S. The number of hydrogen-bond donors (Lipinski definition) is 2. The number of rotatable bonds is 4. The molecule has 4 nitrogen and oxygen atoms in total. The lowest BCUT2D eigenvalue weighted by atomic mass is 10.2. The molecule has 0 aliphatic heterocycles. The molecule has 0 heterocycles. The van der Waals surface area contributed by atoms with E-state index in [0.717, 1.165) is 6.07 Å². The smallest absolute Gasteiger partial charge is 0.264 e. The Morgan fingerprint density at radius 3 is 2.67 bits per heavy atom. The van der Waals surface area contributed by atoms with Gasteiger partial charge in [0.15, 0.2) is 0 Å². The second-order valence-corrected chi connectivity index (χ2v) is 7.03. The SMILES string of the molecule is NCc1ccc(F)c(S(=O)(=O)Nc2cccc(Cl)c2Br)c1. The van der Waals surface area contributed by atoms with Crippen molar-refractivity contribution in [3.63, 3.8) is 0 Å². The lowest BCUT2D eigenvalue weighted by molar-refractivity contribution is 0.569. The van der Waals surface area contributed by atoms with Crippen molar-refractivity contribution in [2.45, 2.75) is 11.4 Å². The van der Waals surface area contributed by atoms with Crippen LogP contribution in [0, 0.1) is 5.82 Å². The Balaban J connectivity index is 2.46. The van der Waals surface area contributed by atoms with Crippen molar-refractivity contribution < 1.29 is 12.8 Å². The summed E-state index contributed by atoms with van der Waals surface area (Å²) in [6.07, 6.45) is 0. The van der Waals surface area contributed by atoms with Gasteiger partial charge in [0.05, 0.1) is 15.2 Å². The van der Waals surface area contributed by atoms with Gasteiger partial charge in [0.1, 0.15) is 10.7 Å². The van der Waals surface area contributed by atoms with Gasteiger partial charge in [-0.3, -0.25) is 4.72 Å². The van der Waals surface area contributed by atoms with Crippen molar-refractivity contribution in [1.29, 1.82) is 0 Å². The van der Waals surface area contributed by atoms with E-state index < -0.39 is 20.7 Å². The predicted molar refractivity (Wildman–Crippen MR) is 84.3 cm³/mol. The maximum absolute atomic E-state index is 13.8. The molecule has 8 heteroatoms. The summed E-state index contributed by atoms with van der Waals surface area (Å²) in [5.41, 5.74) is 6.18. The highest BCUT2D eigenvalue weighted by molar-refractivity contribution is 9.10. The Labute approximate surface area is 135 Å². The van der Waals surface area contributed by atoms with E-state index in [-0.39, 0.29) is 12.2 Å². The summed E-state index contributed by atoms with van der Waals surface area (Å²) in [6.45, 7) is 0.115. The minimum absolute atomic E-state index is 0.115. The van der Waals surface area contributed by atoms with Crippen molar-refractivity contribution in [3.8, 4) is 0 Å². The third-order valence-corrected chi connectivity index (χ3v) is 5.49. The third kappa shape index (κ3) is 3.55. The first-order chi connectivity index (χ1) is 9.85. The number of anilines is 1. The fourth-order valence-corrected chi connectivity index (χ4v) is 3.53. The van der Waals surface area contributed by atoms with Gasteiger partial charge in [-0.25, -0.2) is 12.8 Å². The average Bonchev–Trinajstić information content (AvgIpc) is 2.44. The highest BCUT2D eigenvalue weighted by Gasteiger charge is 2.21. The van der Waals surface area contributed by atoms with Crippen LogP contribution in [0.3, 0.4) is 0 Å². The van der Waals surface area contributed by atoms with Gasteiger partial charge in [0, 0.05) is 6.54 Å². The lowest BCUT2D eigenvalue weighted by Crippen LogP contribution is -2.15. The van der Waals surface area contributed by atoms with Gasteiger partial charge in [0.2, 0.25) is 0 Å². The summed E-state index contributed by atoms with van der Waals surface area (Å²) in [5.74, 6) is -0.849. The van der Waals surface area contributed by atoms with Crippen LogP contribution in [0.2, 0.25) is 5.02 Å². The van der Waals surface area contributed by atoms with Crippen LogP contribution in [-0.2, 0) is 16.6 Å². The van der Waals surface area contributed by atoms with Crippen molar-refractivity contribution in [3.05, 3.63) is 57.3 Å². The molecule has 0 radical (unpaired) electrons. The van der Waals surface area contributed by atoms with Gasteiger partial charge in [0.25, 0.3) is 10.0 Å². The molecule has 0 saturated heterocycles. The molecule has 112 valence electrons. The first kappa shape index (κ1) is 16.2. The number of nitrogens with two attached hydrogens (primary N) is 1. The molecule has 0 bridgehead atoms. The van der Waals surface area contributed by atoms with E-state index in [4.69, 9.17) is 17.3 Å². The standard InChI is InChI=1S/C13H11BrClFN2O2S/c14-13-9(15)2-1-3-11(13)18-21(19,20)12-6-8(7-17)4-5-10(12)16/h1-6,18H,7,17H2. The fraction of sp³-hybridized carbons (Fsp3) is 0.0769. The average molecular weight is 394 g/mol. The van der Waals surface area contributed by atoms with Gasteiger partial charge in [-0.1, -0.05) is 23.7 Å². The van der Waals surface area contributed by atoms with Crippen LogP contribution in [0.1, 0.15) is 5.56 Å². The molecule has 0 aliphatic rings. The quantitative estimate of drug-likeness (QED) is 0.835. The Morgan fingerprint density at radius 1 is 1.29 bits per heavy atom. The van der Waals surface area contributed by atoms with E-state index in [1.807, 2.05) is 0 Å². The Morgan fingerprint density at radius 2 is 2.00 bits per heavy atom. The highest BCUT2D eigenvalue weighted by Crippen LogP contribution is 2.32. The zero-order chi connectivity index (χ0) is 15.6. The third-order valence-electron chi connectivity index (χ3n) is 2.72. The summed E-state index contributed by atoms with van der Waals surface area (Å²) in [5, 5.41) is 0.339. The number of nitrogens with one attached hydrogen (secondary N) is 1. The van der Waals surface area contributed by atoms with E-state index >= 15 is 0 Å². The van der Waals surface area contributed by atoms with Gasteiger partial charge in [-0.15, -0.1) is 0 Å². The van der Waals surface area contributed by atoms with Crippen LogP contribution in [0.25, 0.3) is 0 Å². The van der Waals surface area contributed by atoms with Crippen LogP contribution in [-0.4, -0.2) is 8.42 Å². The largest absolute Gasteiger partial charge is 0.326 e. The van der Waals surface area contributed by atoms with Crippen molar-refractivity contribution in [1.82, 2.24) is 0 Å². The molecule has 0 amide bonds. The van der Waals surface area contributed by atoms with Crippen LogP contribution in [0.4, 0.5) is 10.1 Å². The minimum atomic E-state index is -4.09. The Bertz CT molecular complexity index is 784. The highest BCUT2D eigenvalue weighted by atomic mass is 79.9. The summed E-state index contributed by atoms with van der Waals surface area (Å²) in [6, 6.07) is 8.40. The van der Waals surface area contributed by atoms with E-state index in [2.05, 4.69) is 20.7 Å². The summed E-state index contributed by atoms with van der Waals surface area (Å²) in [7, 11) is -4.09.